The summed E-state index contributed by atoms with van der Waals surface area (Å²) in [7, 11) is 0. The summed E-state index contributed by atoms with van der Waals surface area (Å²) >= 11 is 1.70. The lowest BCUT2D eigenvalue weighted by atomic mass is 10.1. The van der Waals surface area contributed by atoms with E-state index in [-0.39, 0.29) is 29.4 Å². The number of nitrogens with one attached hydrogen (secondary N) is 3. The summed E-state index contributed by atoms with van der Waals surface area (Å²) in [5, 5.41) is 11.3. The van der Waals surface area contributed by atoms with Crippen molar-refractivity contribution in [1.29, 1.82) is 0 Å². The van der Waals surface area contributed by atoms with Crippen LogP contribution in [0.25, 0.3) is 21.7 Å². The predicted molar refractivity (Wildman–Crippen MR) is 146 cm³/mol. The van der Waals surface area contributed by atoms with E-state index in [4.69, 9.17) is 5.73 Å². The van der Waals surface area contributed by atoms with Gasteiger partial charge < -0.3 is 21.7 Å². The van der Waals surface area contributed by atoms with Crippen LogP contribution in [-0.4, -0.2) is 40.9 Å². The summed E-state index contributed by atoms with van der Waals surface area (Å²) in [6, 6.07) is 19.4. The minimum absolute atomic E-state index is 0.0324. The van der Waals surface area contributed by atoms with Crippen molar-refractivity contribution in [3.8, 4) is 21.7 Å². The van der Waals surface area contributed by atoms with Crippen LogP contribution in [0.2, 0.25) is 0 Å². The Morgan fingerprint density at radius 2 is 1.92 bits per heavy atom. The van der Waals surface area contributed by atoms with Gasteiger partial charge in [-0.25, -0.2) is 9.97 Å². The van der Waals surface area contributed by atoms with Gasteiger partial charge in [0.25, 0.3) is 11.8 Å². The third kappa shape index (κ3) is 6.02. The molecule has 2 aromatic carbocycles. The topological polar surface area (TPSA) is 122 Å². The Bertz CT molecular complexity index is 1380. The first-order valence-electron chi connectivity index (χ1n) is 12.2. The molecule has 1 atom stereocenters. The van der Waals surface area contributed by atoms with E-state index in [1.54, 1.807) is 29.5 Å². The monoisotopic (exact) mass is 512 g/mol. The van der Waals surface area contributed by atoms with Gasteiger partial charge >= 0.3 is 0 Å². The van der Waals surface area contributed by atoms with Crippen molar-refractivity contribution in [3.63, 3.8) is 0 Å². The summed E-state index contributed by atoms with van der Waals surface area (Å²) < 4.78 is 0. The Morgan fingerprint density at radius 1 is 1.05 bits per heavy atom. The van der Waals surface area contributed by atoms with Crippen LogP contribution in [-0.2, 0) is 6.54 Å². The van der Waals surface area contributed by atoms with E-state index in [2.05, 4.69) is 49.5 Å². The highest BCUT2D eigenvalue weighted by Crippen LogP contribution is 2.25. The van der Waals surface area contributed by atoms with E-state index >= 15 is 0 Å². The first-order chi connectivity index (χ1) is 18.1. The fourth-order valence-corrected chi connectivity index (χ4v) is 5.00. The molecule has 1 saturated heterocycles. The van der Waals surface area contributed by atoms with Crippen molar-refractivity contribution in [1.82, 2.24) is 25.9 Å². The molecule has 3 heterocycles. The molecule has 1 aliphatic rings. The fourth-order valence-electron chi connectivity index (χ4n) is 4.27. The van der Waals surface area contributed by atoms with Gasteiger partial charge in [-0.3, -0.25) is 9.59 Å². The highest BCUT2D eigenvalue weighted by molar-refractivity contribution is 7.13. The van der Waals surface area contributed by atoms with E-state index < -0.39 is 0 Å². The molecule has 2 amide bonds. The molecule has 1 aliphatic heterocycles. The first-order valence-corrected chi connectivity index (χ1v) is 13.1. The average molecular weight is 513 g/mol. The number of anilines is 1. The Morgan fingerprint density at radius 3 is 2.68 bits per heavy atom. The third-order valence-electron chi connectivity index (χ3n) is 6.28. The Hall–Kier alpha value is -4.08. The van der Waals surface area contributed by atoms with Crippen LogP contribution < -0.4 is 21.7 Å². The molecule has 2 aromatic heterocycles. The number of carbonyl (C=O) groups is 2. The van der Waals surface area contributed by atoms with E-state index in [9.17, 15) is 9.59 Å². The minimum Gasteiger partial charge on any atom is -0.382 e. The number of piperidine rings is 1. The second kappa shape index (κ2) is 11.3. The van der Waals surface area contributed by atoms with Crippen LogP contribution in [0.1, 0.15) is 39.3 Å². The molecule has 5 rings (SSSR count). The number of hydrogen-bond donors (Lipinski definition) is 4. The van der Waals surface area contributed by atoms with Crippen LogP contribution in [0.15, 0.2) is 72.2 Å². The van der Waals surface area contributed by atoms with Gasteiger partial charge in [0.05, 0.1) is 11.9 Å². The highest BCUT2D eigenvalue weighted by atomic mass is 32.1. The van der Waals surface area contributed by atoms with Gasteiger partial charge in [0.1, 0.15) is 0 Å². The maximum absolute atomic E-state index is 12.9. The number of nitrogen functional groups attached to an aromatic ring is 1. The van der Waals surface area contributed by atoms with E-state index in [1.807, 2.05) is 24.3 Å². The van der Waals surface area contributed by atoms with E-state index in [0.717, 1.165) is 30.5 Å². The van der Waals surface area contributed by atoms with Crippen LogP contribution in [0.3, 0.4) is 0 Å². The summed E-state index contributed by atoms with van der Waals surface area (Å²) in [4.78, 5) is 35.6. The molecule has 0 radical (unpaired) electrons. The molecule has 1 fully saturated rings. The number of nitrogens with two attached hydrogens (primary N) is 1. The number of thiophene rings is 1. The molecule has 9 heteroatoms. The number of benzene rings is 2. The standard InChI is InChI=1S/C28H28N6O2S/c29-26-25(28(36)33-22-6-2-12-30-16-22)34-23(17-31-26)20-4-1-5-21(14-20)27(35)32-15-18-8-10-19(11-9-18)24-7-3-13-37-24/h1,3-5,7-11,13-14,17,22,30H,2,6,12,15-16H2,(H2,29,31)(H,32,35)(H,33,36). The molecule has 4 aromatic rings. The van der Waals surface area contributed by atoms with Crippen LogP contribution in [0.5, 0.6) is 0 Å². The smallest absolute Gasteiger partial charge is 0.274 e. The van der Waals surface area contributed by atoms with Gasteiger partial charge in [-0.05, 0) is 54.1 Å². The van der Waals surface area contributed by atoms with Crippen molar-refractivity contribution in [2.45, 2.75) is 25.4 Å². The van der Waals surface area contributed by atoms with Gasteiger partial charge in [0, 0.05) is 35.1 Å². The lowest BCUT2D eigenvalue weighted by molar-refractivity contribution is 0.0923. The second-order valence-corrected chi connectivity index (χ2v) is 9.89. The Balaban J connectivity index is 1.25. The number of nitrogens with zero attached hydrogens (tertiary/aromatic N) is 2. The molecule has 0 bridgehead atoms. The van der Waals surface area contributed by atoms with Crippen LogP contribution in [0, 0.1) is 0 Å². The van der Waals surface area contributed by atoms with Crippen molar-refractivity contribution < 1.29 is 9.59 Å². The molecular formula is C28H28N6O2S. The molecule has 37 heavy (non-hydrogen) atoms. The fraction of sp³-hybridized carbons (Fsp3) is 0.214. The molecule has 188 valence electrons. The van der Waals surface area contributed by atoms with Gasteiger partial charge in [-0.2, -0.15) is 0 Å². The molecule has 8 nitrogen and oxygen atoms in total. The molecule has 0 spiro atoms. The molecule has 5 N–H and O–H groups in total. The van der Waals surface area contributed by atoms with Crippen molar-refractivity contribution in [2.24, 2.45) is 0 Å². The largest absolute Gasteiger partial charge is 0.382 e. The predicted octanol–water partition coefficient (Wildman–Crippen LogP) is 3.87. The van der Waals surface area contributed by atoms with Gasteiger partial charge in [0.15, 0.2) is 11.5 Å². The quantitative estimate of drug-likeness (QED) is 0.298. The third-order valence-corrected chi connectivity index (χ3v) is 7.20. The maximum atomic E-state index is 12.9. The van der Waals surface area contributed by atoms with E-state index in [1.165, 1.54) is 11.1 Å². The Kier molecular flexibility index (Phi) is 7.53. The zero-order chi connectivity index (χ0) is 25.6. The van der Waals surface area contributed by atoms with E-state index in [0.29, 0.717) is 29.9 Å². The van der Waals surface area contributed by atoms with Crippen molar-refractivity contribution >= 4 is 29.0 Å². The first kappa shape index (κ1) is 24.6. The molecule has 0 saturated carbocycles. The number of amides is 2. The zero-order valence-electron chi connectivity index (χ0n) is 20.2. The van der Waals surface area contributed by atoms with Crippen LogP contribution >= 0.6 is 11.3 Å². The van der Waals surface area contributed by atoms with Gasteiger partial charge in [-0.1, -0.05) is 42.5 Å². The SMILES string of the molecule is Nc1ncc(-c2cccc(C(=O)NCc3ccc(-c4cccs4)cc3)c2)nc1C(=O)NC1CCCNC1. The van der Waals surface area contributed by atoms with Crippen molar-refractivity contribution in [2.75, 3.05) is 18.8 Å². The van der Waals surface area contributed by atoms with Crippen LogP contribution in [0.4, 0.5) is 5.82 Å². The second-order valence-electron chi connectivity index (χ2n) is 8.94. The molecule has 0 aliphatic carbocycles. The number of aromatic nitrogens is 2. The molecular weight excluding hydrogens is 484 g/mol. The maximum Gasteiger partial charge on any atom is 0.274 e. The Labute approximate surface area is 219 Å². The summed E-state index contributed by atoms with van der Waals surface area (Å²) in [6.07, 6.45) is 3.42. The summed E-state index contributed by atoms with van der Waals surface area (Å²) in [5.74, 6) is -0.473. The zero-order valence-corrected chi connectivity index (χ0v) is 21.1. The highest BCUT2D eigenvalue weighted by Gasteiger charge is 2.20. The number of carbonyl (C=O) groups excluding carboxylic acids is 2. The van der Waals surface area contributed by atoms with Crippen molar-refractivity contribution in [3.05, 3.63) is 89.1 Å². The average Bonchev–Trinajstić information content (AvgIpc) is 3.48. The lowest BCUT2D eigenvalue weighted by Gasteiger charge is -2.23. The number of rotatable bonds is 7. The summed E-state index contributed by atoms with van der Waals surface area (Å²) in [5.41, 5.74) is 9.87. The molecule has 1 unspecified atom stereocenters. The lowest BCUT2D eigenvalue weighted by Crippen LogP contribution is -2.46. The van der Waals surface area contributed by atoms with Gasteiger partial charge in [0.2, 0.25) is 0 Å². The normalized spacial score (nSPS) is 15.2. The van der Waals surface area contributed by atoms with Gasteiger partial charge in [-0.15, -0.1) is 11.3 Å². The summed E-state index contributed by atoms with van der Waals surface area (Å²) in [6.45, 7) is 2.08. The minimum atomic E-state index is -0.348. The number of hydrogen-bond acceptors (Lipinski definition) is 7.